The Balaban J connectivity index is 1.86. The number of nitrogens with zero attached hydrogens (tertiary/aromatic N) is 2. The molecule has 1 saturated carbocycles. The molecule has 0 amide bonds. The molecule has 0 aliphatic heterocycles. The first-order valence-electron chi connectivity index (χ1n) is 8.72. The Morgan fingerprint density at radius 2 is 2.16 bits per heavy atom. The van der Waals surface area contributed by atoms with E-state index in [0.717, 1.165) is 28.4 Å². The van der Waals surface area contributed by atoms with Crippen LogP contribution in [0.3, 0.4) is 0 Å². The molecule has 1 fully saturated rings. The maximum absolute atomic E-state index is 9.54. The van der Waals surface area contributed by atoms with Gasteiger partial charge in [0.05, 0.1) is 24.5 Å². The molecule has 0 N–H and O–H groups in total. The van der Waals surface area contributed by atoms with Gasteiger partial charge in [-0.3, -0.25) is 0 Å². The molecule has 1 aromatic carbocycles. The maximum Gasteiger partial charge on any atom is 0.161 e. The van der Waals surface area contributed by atoms with Crippen LogP contribution in [0.1, 0.15) is 55.3 Å². The number of ether oxygens (including phenoxy) is 2. The molecule has 130 valence electrons. The summed E-state index contributed by atoms with van der Waals surface area (Å²) in [7, 11) is 0. The van der Waals surface area contributed by atoms with Crippen LogP contribution in [0.5, 0.6) is 11.5 Å². The second-order valence-electron chi connectivity index (χ2n) is 6.01. The Bertz CT molecular complexity index is 800. The molecule has 2 aromatic rings. The van der Waals surface area contributed by atoms with Crippen LogP contribution in [0, 0.1) is 11.3 Å². The summed E-state index contributed by atoms with van der Waals surface area (Å²) in [6.45, 7) is 5.24. The highest BCUT2D eigenvalue weighted by Crippen LogP contribution is 2.41. The van der Waals surface area contributed by atoms with Gasteiger partial charge in [-0.15, -0.1) is 11.3 Å². The highest BCUT2D eigenvalue weighted by Gasteiger charge is 2.26. The molecule has 0 unspecified atom stereocenters. The average Bonchev–Trinajstić information content (AvgIpc) is 3.37. The van der Waals surface area contributed by atoms with Gasteiger partial charge < -0.3 is 9.47 Å². The molecule has 0 bridgehead atoms. The van der Waals surface area contributed by atoms with Gasteiger partial charge >= 0.3 is 0 Å². The lowest BCUT2D eigenvalue weighted by Crippen LogP contribution is -2.00. The number of hydrogen-bond acceptors (Lipinski definition) is 5. The smallest absolute Gasteiger partial charge is 0.161 e. The molecule has 3 rings (SSSR count). The standard InChI is InChI=1S/C20H22N2O2S/c1-3-9-24-18-8-5-14(11-19(18)23-4-2)10-16(12-21)20-22-17(13-25-20)15-6-7-15/h5,8,10-11,13,15H,3-4,6-7,9H2,1-2H3/b16-10+. The predicted molar refractivity (Wildman–Crippen MR) is 101 cm³/mol. The van der Waals surface area contributed by atoms with Crippen LogP contribution in [-0.4, -0.2) is 18.2 Å². The van der Waals surface area contributed by atoms with Crippen LogP contribution in [0.2, 0.25) is 0 Å². The monoisotopic (exact) mass is 354 g/mol. The number of hydrogen-bond donors (Lipinski definition) is 0. The molecule has 0 radical (unpaired) electrons. The van der Waals surface area contributed by atoms with Crippen molar-refractivity contribution in [3.05, 3.63) is 39.8 Å². The van der Waals surface area contributed by atoms with Crippen molar-refractivity contribution in [2.75, 3.05) is 13.2 Å². The second kappa shape index (κ2) is 8.17. The van der Waals surface area contributed by atoms with Crippen LogP contribution < -0.4 is 9.47 Å². The van der Waals surface area contributed by atoms with Gasteiger partial charge in [-0.1, -0.05) is 13.0 Å². The fraction of sp³-hybridized carbons (Fsp3) is 0.400. The number of aromatic nitrogens is 1. The summed E-state index contributed by atoms with van der Waals surface area (Å²) in [5.74, 6) is 2.05. The van der Waals surface area contributed by atoms with Gasteiger partial charge in [-0.2, -0.15) is 5.26 Å². The second-order valence-corrected chi connectivity index (χ2v) is 6.87. The van der Waals surface area contributed by atoms with E-state index in [1.54, 1.807) is 11.3 Å². The summed E-state index contributed by atoms with van der Waals surface area (Å²) in [5, 5.41) is 12.4. The third-order valence-corrected chi connectivity index (χ3v) is 4.80. The number of nitriles is 1. The molecule has 25 heavy (non-hydrogen) atoms. The zero-order valence-corrected chi connectivity index (χ0v) is 15.4. The van der Waals surface area contributed by atoms with Crippen molar-refractivity contribution in [3.8, 4) is 17.6 Å². The van der Waals surface area contributed by atoms with Gasteiger partial charge in [0.1, 0.15) is 11.1 Å². The molecule has 0 spiro atoms. The van der Waals surface area contributed by atoms with E-state index in [-0.39, 0.29) is 0 Å². The van der Waals surface area contributed by atoms with Crippen LogP contribution >= 0.6 is 11.3 Å². The van der Waals surface area contributed by atoms with E-state index in [2.05, 4.69) is 23.4 Å². The van der Waals surface area contributed by atoms with Crippen molar-refractivity contribution in [2.45, 2.75) is 39.0 Å². The minimum atomic E-state index is 0.567. The molecule has 1 aromatic heterocycles. The first-order valence-corrected chi connectivity index (χ1v) is 9.60. The van der Waals surface area contributed by atoms with E-state index in [9.17, 15) is 5.26 Å². The minimum absolute atomic E-state index is 0.567. The van der Waals surface area contributed by atoms with Gasteiger partial charge in [-0.25, -0.2) is 4.98 Å². The molecular formula is C20H22N2O2S. The maximum atomic E-state index is 9.54. The van der Waals surface area contributed by atoms with Gasteiger partial charge in [-0.05, 0) is 50.0 Å². The van der Waals surface area contributed by atoms with E-state index in [1.807, 2.05) is 31.2 Å². The topological polar surface area (TPSA) is 55.1 Å². The lowest BCUT2D eigenvalue weighted by atomic mass is 10.1. The van der Waals surface area contributed by atoms with Crippen molar-refractivity contribution in [2.24, 2.45) is 0 Å². The van der Waals surface area contributed by atoms with E-state index in [1.165, 1.54) is 12.8 Å². The first-order chi connectivity index (χ1) is 12.2. The summed E-state index contributed by atoms with van der Waals surface area (Å²) < 4.78 is 11.4. The summed E-state index contributed by atoms with van der Waals surface area (Å²) in [6.07, 6.45) is 5.23. The quantitative estimate of drug-likeness (QED) is 0.606. The zero-order valence-electron chi connectivity index (χ0n) is 14.6. The van der Waals surface area contributed by atoms with Crippen LogP contribution in [0.15, 0.2) is 23.6 Å². The first kappa shape index (κ1) is 17.5. The molecule has 1 aliphatic carbocycles. The van der Waals surface area contributed by atoms with E-state index >= 15 is 0 Å². The molecule has 4 nitrogen and oxygen atoms in total. The van der Waals surface area contributed by atoms with Crippen molar-refractivity contribution in [1.29, 1.82) is 5.26 Å². The van der Waals surface area contributed by atoms with Gasteiger partial charge in [0.15, 0.2) is 11.5 Å². The van der Waals surface area contributed by atoms with Crippen molar-refractivity contribution < 1.29 is 9.47 Å². The van der Waals surface area contributed by atoms with Crippen LogP contribution in [0.4, 0.5) is 0 Å². The van der Waals surface area contributed by atoms with Gasteiger partial charge in [0.25, 0.3) is 0 Å². The third kappa shape index (κ3) is 4.40. The van der Waals surface area contributed by atoms with Crippen molar-refractivity contribution in [3.63, 3.8) is 0 Å². The number of benzene rings is 1. The summed E-state index contributed by atoms with van der Waals surface area (Å²) >= 11 is 1.54. The molecule has 0 saturated heterocycles. The summed E-state index contributed by atoms with van der Waals surface area (Å²) in [4.78, 5) is 4.63. The highest BCUT2D eigenvalue weighted by molar-refractivity contribution is 7.11. The van der Waals surface area contributed by atoms with E-state index in [4.69, 9.17) is 9.47 Å². The summed E-state index contributed by atoms with van der Waals surface area (Å²) in [6, 6.07) is 8.04. The highest BCUT2D eigenvalue weighted by atomic mass is 32.1. The molecule has 1 heterocycles. The van der Waals surface area contributed by atoms with Gasteiger partial charge in [0, 0.05) is 11.3 Å². The SMILES string of the molecule is CCCOc1ccc(/C=C(\C#N)c2nc(C3CC3)cs2)cc1OCC. The van der Waals surface area contributed by atoms with Crippen LogP contribution in [0.25, 0.3) is 11.6 Å². The largest absolute Gasteiger partial charge is 0.490 e. The number of thiazole rings is 1. The fourth-order valence-electron chi connectivity index (χ4n) is 2.50. The Hall–Kier alpha value is -2.32. The number of allylic oxidation sites excluding steroid dienone is 1. The fourth-order valence-corrected chi connectivity index (χ4v) is 3.37. The van der Waals surface area contributed by atoms with Crippen molar-refractivity contribution in [1.82, 2.24) is 4.98 Å². The Kier molecular flexibility index (Phi) is 5.72. The Morgan fingerprint density at radius 3 is 2.84 bits per heavy atom. The summed E-state index contributed by atoms with van der Waals surface area (Å²) in [5.41, 5.74) is 2.62. The molecule has 5 heteroatoms. The van der Waals surface area contributed by atoms with Crippen LogP contribution in [-0.2, 0) is 0 Å². The average molecular weight is 354 g/mol. The number of rotatable bonds is 8. The third-order valence-electron chi connectivity index (χ3n) is 3.91. The molecular weight excluding hydrogens is 332 g/mol. The van der Waals surface area contributed by atoms with Crippen molar-refractivity contribution >= 4 is 23.0 Å². The lowest BCUT2D eigenvalue weighted by molar-refractivity contribution is 0.277. The van der Waals surface area contributed by atoms with E-state index < -0.39 is 0 Å². The van der Waals surface area contributed by atoms with E-state index in [0.29, 0.717) is 30.5 Å². The molecule has 0 atom stereocenters. The Labute approximate surface area is 152 Å². The Morgan fingerprint density at radius 1 is 1.32 bits per heavy atom. The normalized spacial score (nSPS) is 14.2. The molecule has 1 aliphatic rings. The lowest BCUT2D eigenvalue weighted by Gasteiger charge is -2.12. The zero-order chi connectivity index (χ0) is 17.6. The predicted octanol–water partition coefficient (Wildman–Crippen LogP) is 5.27. The van der Waals surface area contributed by atoms with Gasteiger partial charge in [0.2, 0.25) is 0 Å². The minimum Gasteiger partial charge on any atom is -0.490 e.